The number of benzene rings is 1. The average Bonchev–Trinajstić information content (AvgIpc) is 3.29. The van der Waals surface area contributed by atoms with Crippen molar-refractivity contribution in [3.8, 4) is 0 Å². The third kappa shape index (κ3) is 6.21. The first-order chi connectivity index (χ1) is 13.3. The third-order valence-electron chi connectivity index (χ3n) is 5.72. The minimum absolute atomic E-state index is 0.141. The Balaban J connectivity index is 1.57. The lowest BCUT2D eigenvalue weighted by atomic mass is 10.1. The van der Waals surface area contributed by atoms with Gasteiger partial charge in [0.15, 0.2) is 5.96 Å². The number of rotatable bonds is 8. The van der Waals surface area contributed by atoms with E-state index in [0.717, 1.165) is 44.9 Å². The van der Waals surface area contributed by atoms with Gasteiger partial charge in [0.2, 0.25) is 0 Å². The van der Waals surface area contributed by atoms with Crippen LogP contribution in [0.3, 0.4) is 0 Å². The number of aliphatic imine (C=N–C) groups is 1. The molecule has 1 aliphatic heterocycles. The molecule has 0 radical (unpaired) electrons. The summed E-state index contributed by atoms with van der Waals surface area (Å²) in [5.41, 5.74) is 1.20. The van der Waals surface area contributed by atoms with Gasteiger partial charge in [0.25, 0.3) is 0 Å². The predicted molar refractivity (Wildman–Crippen MR) is 115 cm³/mol. The molecule has 1 aromatic carbocycles. The molecule has 0 amide bonds. The van der Waals surface area contributed by atoms with Crippen LogP contribution in [-0.4, -0.2) is 63.0 Å². The lowest BCUT2D eigenvalue weighted by Crippen LogP contribution is -2.45. The van der Waals surface area contributed by atoms with Gasteiger partial charge < -0.3 is 10.6 Å². The molecule has 1 saturated heterocycles. The standard InChI is InChI=1S/C21H34N4O2S/c1-4-22-20(23-15-21(10-11-21)16-28(3,26)27)24-19-12-17(2)25(14-19)13-18-8-6-5-7-9-18/h5-9,17,19H,4,10-16H2,1-3H3,(H2,22,23,24). The summed E-state index contributed by atoms with van der Waals surface area (Å²) < 4.78 is 23.3. The normalized spacial score (nSPS) is 24.9. The second-order valence-electron chi connectivity index (χ2n) is 8.61. The number of guanidine groups is 1. The minimum Gasteiger partial charge on any atom is -0.357 e. The van der Waals surface area contributed by atoms with Crippen molar-refractivity contribution in [2.45, 2.75) is 51.7 Å². The molecule has 0 spiro atoms. The molecular formula is C21H34N4O2S. The minimum atomic E-state index is -2.96. The number of sulfone groups is 1. The molecule has 6 nitrogen and oxygen atoms in total. The second-order valence-corrected chi connectivity index (χ2v) is 10.7. The highest BCUT2D eigenvalue weighted by molar-refractivity contribution is 7.90. The van der Waals surface area contributed by atoms with Crippen molar-refractivity contribution in [3.05, 3.63) is 35.9 Å². The number of nitrogens with zero attached hydrogens (tertiary/aromatic N) is 2. The molecule has 2 unspecified atom stereocenters. The van der Waals surface area contributed by atoms with Crippen LogP contribution >= 0.6 is 0 Å². The first-order valence-electron chi connectivity index (χ1n) is 10.3. The molecule has 7 heteroatoms. The van der Waals surface area contributed by atoms with Crippen molar-refractivity contribution in [1.82, 2.24) is 15.5 Å². The average molecular weight is 407 g/mol. The summed E-state index contributed by atoms with van der Waals surface area (Å²) in [5.74, 6) is 1.05. The van der Waals surface area contributed by atoms with Crippen molar-refractivity contribution in [2.75, 3.05) is 31.6 Å². The van der Waals surface area contributed by atoms with Gasteiger partial charge in [-0.15, -0.1) is 0 Å². The Morgan fingerprint density at radius 3 is 2.61 bits per heavy atom. The predicted octanol–water partition coefficient (Wildman–Crippen LogP) is 2.03. The van der Waals surface area contributed by atoms with Crippen LogP contribution in [0.2, 0.25) is 0 Å². The molecule has 0 bridgehead atoms. The monoisotopic (exact) mass is 406 g/mol. The van der Waals surface area contributed by atoms with Crippen molar-refractivity contribution in [3.63, 3.8) is 0 Å². The summed E-state index contributed by atoms with van der Waals surface area (Å²) >= 11 is 0. The molecule has 1 saturated carbocycles. The number of hydrogen-bond acceptors (Lipinski definition) is 4. The van der Waals surface area contributed by atoms with Crippen molar-refractivity contribution < 1.29 is 8.42 Å². The van der Waals surface area contributed by atoms with Crippen LogP contribution in [-0.2, 0) is 16.4 Å². The summed E-state index contributed by atoms with van der Waals surface area (Å²) in [6.07, 6.45) is 4.30. The van der Waals surface area contributed by atoms with Crippen LogP contribution in [0.5, 0.6) is 0 Å². The van der Waals surface area contributed by atoms with Gasteiger partial charge in [-0.25, -0.2) is 8.42 Å². The maximum Gasteiger partial charge on any atom is 0.191 e. The van der Waals surface area contributed by atoms with Crippen molar-refractivity contribution in [1.29, 1.82) is 0 Å². The fraction of sp³-hybridized carbons (Fsp3) is 0.667. The molecule has 2 N–H and O–H groups in total. The molecular weight excluding hydrogens is 372 g/mol. The molecule has 1 aromatic rings. The molecule has 28 heavy (non-hydrogen) atoms. The van der Waals surface area contributed by atoms with Gasteiger partial charge in [-0.05, 0) is 38.7 Å². The lowest BCUT2D eigenvalue weighted by molar-refractivity contribution is 0.258. The van der Waals surface area contributed by atoms with E-state index >= 15 is 0 Å². The van der Waals surface area contributed by atoms with Crippen LogP contribution in [0.1, 0.15) is 38.7 Å². The van der Waals surface area contributed by atoms with Gasteiger partial charge in [0, 0.05) is 49.9 Å². The van der Waals surface area contributed by atoms with E-state index in [9.17, 15) is 8.42 Å². The first-order valence-corrected chi connectivity index (χ1v) is 12.4. The Labute approximate surface area is 169 Å². The maximum absolute atomic E-state index is 11.7. The van der Waals surface area contributed by atoms with E-state index in [1.54, 1.807) is 0 Å². The van der Waals surface area contributed by atoms with E-state index in [1.165, 1.54) is 11.8 Å². The zero-order chi connectivity index (χ0) is 20.2. The zero-order valence-corrected chi connectivity index (χ0v) is 18.1. The van der Waals surface area contributed by atoms with Gasteiger partial charge in [-0.2, -0.15) is 0 Å². The molecule has 2 fully saturated rings. The second kappa shape index (κ2) is 8.82. The van der Waals surface area contributed by atoms with Crippen LogP contribution in [0.25, 0.3) is 0 Å². The van der Waals surface area contributed by atoms with E-state index in [1.807, 2.05) is 0 Å². The number of hydrogen-bond donors (Lipinski definition) is 2. The highest BCUT2D eigenvalue weighted by Crippen LogP contribution is 2.46. The quantitative estimate of drug-likeness (QED) is 0.510. The van der Waals surface area contributed by atoms with Crippen molar-refractivity contribution in [2.24, 2.45) is 10.4 Å². The van der Waals surface area contributed by atoms with E-state index < -0.39 is 9.84 Å². The molecule has 3 rings (SSSR count). The smallest absolute Gasteiger partial charge is 0.191 e. The number of nitrogens with one attached hydrogen (secondary N) is 2. The highest BCUT2D eigenvalue weighted by atomic mass is 32.2. The van der Waals surface area contributed by atoms with Crippen LogP contribution < -0.4 is 10.6 Å². The van der Waals surface area contributed by atoms with Crippen LogP contribution in [0, 0.1) is 5.41 Å². The summed E-state index contributed by atoms with van der Waals surface area (Å²) in [6, 6.07) is 11.4. The van der Waals surface area contributed by atoms with Gasteiger partial charge in [0.05, 0.1) is 5.75 Å². The summed E-state index contributed by atoms with van der Waals surface area (Å²) in [6.45, 7) is 7.65. The Bertz CT molecular complexity index is 775. The summed E-state index contributed by atoms with van der Waals surface area (Å²) in [4.78, 5) is 7.24. The Morgan fingerprint density at radius 2 is 2.00 bits per heavy atom. The molecule has 1 aliphatic carbocycles. The molecule has 0 aromatic heterocycles. The zero-order valence-electron chi connectivity index (χ0n) is 17.3. The van der Waals surface area contributed by atoms with Crippen LogP contribution in [0.4, 0.5) is 0 Å². The van der Waals surface area contributed by atoms with Gasteiger partial charge in [0.1, 0.15) is 9.84 Å². The van der Waals surface area contributed by atoms with E-state index in [-0.39, 0.29) is 11.2 Å². The molecule has 1 heterocycles. The number of likely N-dealkylation sites (tertiary alicyclic amines) is 1. The summed E-state index contributed by atoms with van der Waals surface area (Å²) in [5, 5.41) is 6.90. The largest absolute Gasteiger partial charge is 0.357 e. The van der Waals surface area contributed by atoms with E-state index in [2.05, 4.69) is 59.7 Å². The van der Waals surface area contributed by atoms with Gasteiger partial charge in [-0.3, -0.25) is 9.89 Å². The lowest BCUT2D eigenvalue weighted by Gasteiger charge is -2.21. The third-order valence-corrected chi connectivity index (χ3v) is 6.85. The van der Waals surface area contributed by atoms with E-state index in [0.29, 0.717) is 18.6 Å². The Hall–Kier alpha value is -1.60. The fourth-order valence-corrected chi connectivity index (χ4v) is 5.57. The molecule has 2 aliphatic rings. The SMILES string of the molecule is CCNC(=NCC1(CS(C)(=O)=O)CC1)NC1CC(C)N(Cc2ccccc2)C1. The van der Waals surface area contributed by atoms with Crippen LogP contribution in [0.15, 0.2) is 35.3 Å². The molecule has 156 valence electrons. The van der Waals surface area contributed by atoms with Crippen molar-refractivity contribution >= 4 is 15.8 Å². The van der Waals surface area contributed by atoms with Gasteiger partial charge in [-0.1, -0.05) is 30.3 Å². The molecule has 2 atom stereocenters. The Morgan fingerprint density at radius 1 is 1.29 bits per heavy atom. The van der Waals surface area contributed by atoms with E-state index in [4.69, 9.17) is 4.99 Å². The topological polar surface area (TPSA) is 73.8 Å². The maximum atomic E-state index is 11.7. The fourth-order valence-electron chi connectivity index (χ4n) is 4.08. The Kier molecular flexibility index (Phi) is 6.65. The highest BCUT2D eigenvalue weighted by Gasteiger charge is 2.45. The summed E-state index contributed by atoms with van der Waals surface area (Å²) in [7, 11) is -2.96. The first kappa shape index (κ1) is 21.1. The van der Waals surface area contributed by atoms with Gasteiger partial charge >= 0.3 is 0 Å².